The zero-order chi connectivity index (χ0) is 32.8. The van der Waals surface area contributed by atoms with Crippen molar-refractivity contribution < 1.29 is 61.8 Å². The molecule has 46 heavy (non-hydrogen) atoms. The summed E-state index contributed by atoms with van der Waals surface area (Å²) in [6, 6.07) is 17.1. The van der Waals surface area contributed by atoms with Gasteiger partial charge in [-0.2, -0.15) is 0 Å². The van der Waals surface area contributed by atoms with Crippen molar-refractivity contribution in [2.24, 2.45) is 0 Å². The third kappa shape index (κ3) is 20.7. The first-order valence-electron chi connectivity index (χ1n) is 15.3. The SMILES string of the molecule is O=C(OCCOCCOCCOCCOCCOCCOCCOCCOCCOC(=O)c1ccccc1)C(=O)c1ccccc1. The number of benzene rings is 2. The first kappa shape index (κ1) is 38.9. The third-order valence-corrected chi connectivity index (χ3v) is 5.76. The fourth-order valence-electron chi connectivity index (χ4n) is 3.46. The first-order chi connectivity index (χ1) is 22.7. The van der Waals surface area contributed by atoms with E-state index in [0.717, 1.165) is 0 Å². The number of hydrogen-bond acceptors (Lipinski definition) is 13. The average Bonchev–Trinajstić information content (AvgIpc) is 3.09. The van der Waals surface area contributed by atoms with Crippen LogP contribution in [0.3, 0.4) is 0 Å². The van der Waals surface area contributed by atoms with Gasteiger partial charge < -0.3 is 47.4 Å². The molecule has 0 saturated heterocycles. The van der Waals surface area contributed by atoms with Crippen LogP contribution in [0.25, 0.3) is 0 Å². The van der Waals surface area contributed by atoms with Gasteiger partial charge in [-0.15, -0.1) is 0 Å². The quantitative estimate of drug-likeness (QED) is 0.0529. The van der Waals surface area contributed by atoms with Crippen LogP contribution in [0.5, 0.6) is 0 Å². The van der Waals surface area contributed by atoms with E-state index in [1.165, 1.54) is 0 Å². The molecule has 0 saturated carbocycles. The molecule has 0 fully saturated rings. The second-order valence-electron chi connectivity index (χ2n) is 9.23. The van der Waals surface area contributed by atoms with Gasteiger partial charge in [0.25, 0.3) is 5.78 Å². The summed E-state index contributed by atoms with van der Waals surface area (Å²) < 4.78 is 53.3. The molecule has 0 radical (unpaired) electrons. The van der Waals surface area contributed by atoms with Gasteiger partial charge in [-0.05, 0) is 12.1 Å². The number of esters is 2. The Labute approximate surface area is 270 Å². The van der Waals surface area contributed by atoms with Crippen molar-refractivity contribution in [1.29, 1.82) is 0 Å². The van der Waals surface area contributed by atoms with Crippen LogP contribution in [-0.4, -0.2) is 137 Å². The largest absolute Gasteiger partial charge is 0.460 e. The minimum absolute atomic E-state index is 0.00711. The Bertz CT molecular complexity index is 1040. The molecule has 13 nitrogen and oxygen atoms in total. The zero-order valence-electron chi connectivity index (χ0n) is 26.3. The lowest BCUT2D eigenvalue weighted by molar-refractivity contribution is -0.139. The van der Waals surface area contributed by atoms with Gasteiger partial charge >= 0.3 is 11.9 Å². The van der Waals surface area contributed by atoms with Crippen molar-refractivity contribution in [1.82, 2.24) is 0 Å². The summed E-state index contributed by atoms with van der Waals surface area (Å²) in [4.78, 5) is 35.4. The molecule has 0 aliphatic heterocycles. The number of carbonyl (C=O) groups excluding carboxylic acids is 3. The van der Waals surface area contributed by atoms with Crippen LogP contribution in [0.2, 0.25) is 0 Å². The third-order valence-electron chi connectivity index (χ3n) is 5.76. The fourth-order valence-corrected chi connectivity index (χ4v) is 3.46. The van der Waals surface area contributed by atoms with E-state index in [1.807, 2.05) is 6.07 Å². The molecular weight excluding hydrogens is 604 g/mol. The lowest BCUT2D eigenvalue weighted by Gasteiger charge is -2.09. The van der Waals surface area contributed by atoms with Crippen molar-refractivity contribution in [3.63, 3.8) is 0 Å². The van der Waals surface area contributed by atoms with Gasteiger partial charge in [0, 0.05) is 5.56 Å². The highest BCUT2D eigenvalue weighted by molar-refractivity contribution is 6.40. The van der Waals surface area contributed by atoms with Crippen molar-refractivity contribution in [2.75, 3.05) is 119 Å². The molecular formula is C33H46O13. The molecule has 2 aromatic rings. The Kier molecular flexibility index (Phi) is 23.7. The van der Waals surface area contributed by atoms with E-state index in [0.29, 0.717) is 110 Å². The van der Waals surface area contributed by atoms with Gasteiger partial charge in [0.05, 0.1) is 111 Å². The smallest absolute Gasteiger partial charge is 0.379 e. The summed E-state index contributed by atoms with van der Waals surface area (Å²) >= 11 is 0. The van der Waals surface area contributed by atoms with Gasteiger partial charge in [-0.25, -0.2) is 9.59 Å². The van der Waals surface area contributed by atoms with Gasteiger partial charge in [-0.3, -0.25) is 4.79 Å². The van der Waals surface area contributed by atoms with Gasteiger partial charge in [0.2, 0.25) is 0 Å². The molecule has 0 amide bonds. The van der Waals surface area contributed by atoms with Crippen LogP contribution < -0.4 is 0 Å². The molecule has 13 heteroatoms. The van der Waals surface area contributed by atoms with Crippen molar-refractivity contribution in [3.8, 4) is 0 Å². The molecule has 2 rings (SSSR count). The fraction of sp³-hybridized carbons (Fsp3) is 0.545. The van der Waals surface area contributed by atoms with Crippen molar-refractivity contribution in [2.45, 2.75) is 0 Å². The summed E-state index contributed by atoms with van der Waals surface area (Å²) in [6.45, 7) is 6.71. The maximum absolute atomic E-state index is 11.9. The van der Waals surface area contributed by atoms with Crippen LogP contribution in [0.4, 0.5) is 0 Å². The van der Waals surface area contributed by atoms with E-state index in [-0.39, 0.29) is 25.8 Å². The minimum atomic E-state index is -0.901. The molecule has 0 aromatic heterocycles. The van der Waals surface area contributed by atoms with Crippen LogP contribution in [0, 0.1) is 0 Å². The number of hydrogen-bond donors (Lipinski definition) is 0. The van der Waals surface area contributed by atoms with Crippen LogP contribution in [0.15, 0.2) is 60.7 Å². The van der Waals surface area contributed by atoms with Crippen molar-refractivity contribution in [3.05, 3.63) is 71.8 Å². The minimum Gasteiger partial charge on any atom is -0.460 e. The van der Waals surface area contributed by atoms with Gasteiger partial charge in [0.1, 0.15) is 13.2 Å². The summed E-state index contributed by atoms with van der Waals surface area (Å²) in [5.41, 5.74) is 0.809. The summed E-state index contributed by atoms with van der Waals surface area (Å²) in [6.07, 6.45) is 0. The average molecular weight is 651 g/mol. The van der Waals surface area contributed by atoms with E-state index in [2.05, 4.69) is 0 Å². The molecule has 0 N–H and O–H groups in total. The van der Waals surface area contributed by atoms with Gasteiger partial charge in [0.15, 0.2) is 0 Å². The Morgan fingerprint density at radius 3 is 0.978 bits per heavy atom. The van der Waals surface area contributed by atoms with E-state index in [4.69, 9.17) is 47.4 Å². The number of ether oxygens (including phenoxy) is 10. The van der Waals surface area contributed by atoms with E-state index in [9.17, 15) is 14.4 Å². The second-order valence-corrected chi connectivity index (χ2v) is 9.23. The zero-order valence-corrected chi connectivity index (χ0v) is 26.3. The van der Waals surface area contributed by atoms with E-state index < -0.39 is 11.8 Å². The number of carbonyl (C=O) groups is 3. The Morgan fingerprint density at radius 2 is 0.630 bits per heavy atom. The molecule has 0 unspecified atom stereocenters. The van der Waals surface area contributed by atoms with E-state index >= 15 is 0 Å². The highest BCUT2D eigenvalue weighted by Crippen LogP contribution is 2.02. The summed E-state index contributed by atoms with van der Waals surface area (Å²) in [5.74, 6) is -1.95. The number of rotatable bonds is 30. The Morgan fingerprint density at radius 1 is 0.348 bits per heavy atom. The van der Waals surface area contributed by atoms with Gasteiger partial charge in [-0.1, -0.05) is 48.5 Å². The van der Waals surface area contributed by atoms with Crippen LogP contribution in [-0.2, 0) is 52.2 Å². The number of ketones is 1. The topological polar surface area (TPSA) is 144 Å². The molecule has 256 valence electrons. The predicted octanol–water partition coefficient (Wildman–Crippen LogP) is 2.40. The monoisotopic (exact) mass is 650 g/mol. The Hall–Kier alpha value is -3.27. The molecule has 0 spiro atoms. The van der Waals surface area contributed by atoms with Crippen molar-refractivity contribution >= 4 is 17.7 Å². The molecule has 0 bridgehead atoms. The summed E-state index contributed by atoms with van der Waals surface area (Å²) in [7, 11) is 0. The standard InChI is InChI=1S/C33H46O13/c34-31(29-7-3-1-4-8-29)33(36)46-28-26-44-24-22-42-20-18-40-16-14-38-12-11-37-13-15-39-17-19-41-21-23-43-25-27-45-32(35)30-9-5-2-6-10-30/h1-10H,11-28H2. The van der Waals surface area contributed by atoms with Crippen LogP contribution in [0.1, 0.15) is 20.7 Å². The highest BCUT2D eigenvalue weighted by atomic mass is 16.6. The predicted molar refractivity (Wildman–Crippen MR) is 165 cm³/mol. The molecule has 2 aromatic carbocycles. The number of Topliss-reactive ketones (excluding diaryl/α,β-unsaturated/α-hetero) is 1. The normalized spacial score (nSPS) is 11.0. The Balaban J connectivity index is 1.19. The lowest BCUT2D eigenvalue weighted by atomic mass is 10.1. The second kappa shape index (κ2) is 28.0. The van der Waals surface area contributed by atoms with E-state index in [1.54, 1.807) is 54.6 Å². The molecule has 0 aliphatic rings. The lowest BCUT2D eigenvalue weighted by Crippen LogP contribution is -2.20. The molecule has 0 atom stereocenters. The van der Waals surface area contributed by atoms with Crippen LogP contribution >= 0.6 is 0 Å². The maximum Gasteiger partial charge on any atom is 0.379 e. The maximum atomic E-state index is 11.9. The summed E-state index contributed by atoms with van der Waals surface area (Å²) in [5, 5.41) is 0. The first-order valence-corrected chi connectivity index (χ1v) is 15.3. The molecule has 0 heterocycles. The molecule has 0 aliphatic carbocycles. The highest BCUT2D eigenvalue weighted by Gasteiger charge is 2.17.